The highest BCUT2D eigenvalue weighted by Crippen LogP contribution is 2.23. The Bertz CT molecular complexity index is 586. The van der Waals surface area contributed by atoms with E-state index in [9.17, 15) is 13.5 Å². The van der Waals surface area contributed by atoms with Crippen LogP contribution in [-0.4, -0.2) is 48.9 Å². The van der Waals surface area contributed by atoms with Crippen LogP contribution in [0.5, 0.6) is 5.75 Å². The molecule has 1 atom stereocenters. The van der Waals surface area contributed by atoms with Crippen LogP contribution < -0.4 is 10.5 Å². The van der Waals surface area contributed by atoms with Crippen LogP contribution in [0.1, 0.15) is 19.8 Å². The third kappa shape index (κ3) is 4.33. The van der Waals surface area contributed by atoms with Crippen molar-refractivity contribution in [2.45, 2.75) is 25.4 Å². The normalized spacial score (nSPS) is 23.9. The van der Waals surface area contributed by atoms with Crippen LogP contribution in [0.25, 0.3) is 0 Å². The topological polar surface area (TPSA) is 92.9 Å². The van der Waals surface area contributed by atoms with Crippen LogP contribution >= 0.6 is 0 Å². The summed E-state index contributed by atoms with van der Waals surface area (Å²) >= 11 is 0. The van der Waals surface area contributed by atoms with Gasteiger partial charge >= 0.3 is 0 Å². The predicted octanol–water partition coefficient (Wildman–Crippen LogP) is 0.824. The van der Waals surface area contributed by atoms with E-state index in [-0.39, 0.29) is 18.9 Å². The average Bonchev–Trinajstić information content (AvgIpc) is 2.40. The first-order chi connectivity index (χ1) is 9.80. The number of nitrogens with zero attached hydrogens (tertiary/aromatic N) is 1. The van der Waals surface area contributed by atoms with Gasteiger partial charge in [-0.3, -0.25) is 0 Å². The highest BCUT2D eigenvalue weighted by molar-refractivity contribution is 7.89. The van der Waals surface area contributed by atoms with E-state index in [0.717, 1.165) is 0 Å². The lowest BCUT2D eigenvalue weighted by Crippen LogP contribution is -2.49. The van der Waals surface area contributed by atoms with Gasteiger partial charge in [-0.15, -0.1) is 0 Å². The van der Waals surface area contributed by atoms with Gasteiger partial charge in [0.15, 0.2) is 0 Å². The Labute approximate surface area is 125 Å². The van der Waals surface area contributed by atoms with E-state index >= 15 is 0 Å². The number of benzene rings is 1. The minimum absolute atomic E-state index is 0.0369. The Morgan fingerprint density at radius 2 is 2.14 bits per heavy atom. The maximum atomic E-state index is 12.3. The molecule has 1 aliphatic heterocycles. The molecular weight excluding hydrogens is 292 g/mol. The molecule has 0 radical (unpaired) electrons. The molecule has 0 aromatic heterocycles. The summed E-state index contributed by atoms with van der Waals surface area (Å²) in [7, 11) is -3.43. The lowest BCUT2D eigenvalue weighted by Gasteiger charge is -2.35. The van der Waals surface area contributed by atoms with Crippen LogP contribution in [0.15, 0.2) is 24.3 Å². The fourth-order valence-corrected chi connectivity index (χ4v) is 3.84. The number of anilines is 1. The van der Waals surface area contributed by atoms with Crippen molar-refractivity contribution in [3.8, 4) is 5.75 Å². The lowest BCUT2D eigenvalue weighted by atomic mass is 9.97. The van der Waals surface area contributed by atoms with E-state index < -0.39 is 15.6 Å². The predicted molar refractivity (Wildman–Crippen MR) is 81.6 cm³/mol. The van der Waals surface area contributed by atoms with E-state index in [1.165, 1.54) is 4.31 Å². The number of para-hydroxylation sites is 2. The molecule has 1 unspecified atom stereocenters. The number of hydrogen-bond donors (Lipinski definition) is 2. The van der Waals surface area contributed by atoms with Gasteiger partial charge in [0, 0.05) is 13.1 Å². The molecule has 0 amide bonds. The number of β-amino-alcohol motifs (C(OH)–C–C–N with tert-alkyl or cyclic N) is 1. The van der Waals surface area contributed by atoms with Gasteiger partial charge in [0.05, 0.1) is 17.0 Å². The van der Waals surface area contributed by atoms with Gasteiger partial charge in [-0.05, 0) is 31.9 Å². The number of nitrogen functional groups attached to an aromatic ring is 1. The summed E-state index contributed by atoms with van der Waals surface area (Å²) < 4.78 is 31.3. The zero-order chi connectivity index (χ0) is 15.5. The minimum Gasteiger partial charge on any atom is -0.490 e. The summed E-state index contributed by atoms with van der Waals surface area (Å²) in [6.45, 7) is 2.29. The van der Waals surface area contributed by atoms with E-state index in [0.29, 0.717) is 30.8 Å². The molecule has 1 saturated heterocycles. The van der Waals surface area contributed by atoms with Gasteiger partial charge < -0.3 is 15.6 Å². The van der Waals surface area contributed by atoms with Crippen molar-refractivity contribution >= 4 is 15.7 Å². The van der Waals surface area contributed by atoms with Gasteiger partial charge in [0.25, 0.3) is 0 Å². The van der Waals surface area contributed by atoms with Crippen molar-refractivity contribution in [1.29, 1.82) is 0 Å². The van der Waals surface area contributed by atoms with Crippen LogP contribution in [0.2, 0.25) is 0 Å². The second-order valence-electron chi connectivity index (χ2n) is 5.64. The first kappa shape index (κ1) is 16.1. The van der Waals surface area contributed by atoms with Crippen molar-refractivity contribution in [2.24, 2.45) is 0 Å². The SMILES string of the molecule is CC1(O)CCCN(S(=O)(=O)CCOc2ccccc2N)C1. The number of ether oxygens (including phenoxy) is 1. The standard InChI is InChI=1S/C14H22N2O4S/c1-14(17)7-4-8-16(11-14)21(18,19)10-9-20-13-6-3-2-5-12(13)15/h2-3,5-6,17H,4,7-11,15H2,1H3. The van der Waals surface area contributed by atoms with Crippen molar-refractivity contribution in [1.82, 2.24) is 4.31 Å². The Balaban J connectivity index is 1.91. The van der Waals surface area contributed by atoms with Crippen LogP contribution in [0, 0.1) is 0 Å². The highest BCUT2D eigenvalue weighted by Gasteiger charge is 2.34. The molecule has 0 aliphatic carbocycles. The van der Waals surface area contributed by atoms with Crippen molar-refractivity contribution in [3.05, 3.63) is 24.3 Å². The first-order valence-electron chi connectivity index (χ1n) is 6.98. The Hall–Kier alpha value is -1.31. The summed E-state index contributed by atoms with van der Waals surface area (Å²) in [5, 5.41) is 9.99. The molecule has 1 aliphatic rings. The van der Waals surface area contributed by atoms with Crippen LogP contribution in [0.4, 0.5) is 5.69 Å². The summed E-state index contributed by atoms with van der Waals surface area (Å²) in [5.74, 6) is 0.357. The molecular formula is C14H22N2O4S. The molecule has 7 heteroatoms. The third-order valence-electron chi connectivity index (χ3n) is 3.55. The molecule has 6 nitrogen and oxygen atoms in total. The quantitative estimate of drug-likeness (QED) is 0.785. The number of sulfonamides is 1. The smallest absolute Gasteiger partial charge is 0.217 e. The fourth-order valence-electron chi connectivity index (χ4n) is 2.41. The summed E-state index contributed by atoms with van der Waals surface area (Å²) in [6, 6.07) is 6.97. The van der Waals surface area contributed by atoms with E-state index in [2.05, 4.69) is 0 Å². The third-order valence-corrected chi connectivity index (χ3v) is 5.33. The number of nitrogens with two attached hydrogens (primary N) is 1. The maximum Gasteiger partial charge on any atom is 0.217 e. The Kier molecular flexibility index (Phi) is 4.75. The van der Waals surface area contributed by atoms with Crippen LogP contribution in [-0.2, 0) is 10.0 Å². The average molecular weight is 314 g/mol. The number of piperidine rings is 1. The van der Waals surface area contributed by atoms with E-state index in [1.54, 1.807) is 31.2 Å². The molecule has 2 rings (SSSR count). The number of rotatable bonds is 5. The molecule has 1 aromatic carbocycles. The van der Waals surface area contributed by atoms with Gasteiger partial charge in [0.1, 0.15) is 12.4 Å². The van der Waals surface area contributed by atoms with Crippen molar-refractivity contribution in [2.75, 3.05) is 31.2 Å². The maximum absolute atomic E-state index is 12.3. The molecule has 118 valence electrons. The molecule has 21 heavy (non-hydrogen) atoms. The lowest BCUT2D eigenvalue weighted by molar-refractivity contribution is 0.00933. The molecule has 3 N–H and O–H groups in total. The van der Waals surface area contributed by atoms with Gasteiger partial charge in [-0.2, -0.15) is 4.31 Å². The van der Waals surface area contributed by atoms with Gasteiger partial charge in [-0.25, -0.2) is 8.42 Å². The second-order valence-corrected chi connectivity index (χ2v) is 7.72. The number of aliphatic hydroxyl groups is 1. The molecule has 1 fully saturated rings. The summed E-state index contributed by atoms with van der Waals surface area (Å²) in [5.41, 5.74) is 5.26. The monoisotopic (exact) mass is 314 g/mol. The largest absolute Gasteiger partial charge is 0.490 e. The van der Waals surface area contributed by atoms with Crippen molar-refractivity contribution < 1.29 is 18.3 Å². The molecule has 0 bridgehead atoms. The zero-order valence-corrected chi connectivity index (χ0v) is 13.0. The van der Waals surface area contributed by atoms with Gasteiger partial charge in [0.2, 0.25) is 10.0 Å². The van der Waals surface area contributed by atoms with Crippen molar-refractivity contribution in [3.63, 3.8) is 0 Å². The molecule has 1 heterocycles. The summed E-state index contributed by atoms with van der Waals surface area (Å²) in [6.07, 6.45) is 1.29. The minimum atomic E-state index is -3.43. The van der Waals surface area contributed by atoms with E-state index in [4.69, 9.17) is 10.5 Å². The number of hydrogen-bond acceptors (Lipinski definition) is 5. The molecule has 1 aromatic rings. The Morgan fingerprint density at radius 3 is 2.81 bits per heavy atom. The molecule has 0 spiro atoms. The first-order valence-corrected chi connectivity index (χ1v) is 8.59. The highest BCUT2D eigenvalue weighted by atomic mass is 32.2. The molecule has 0 saturated carbocycles. The Morgan fingerprint density at radius 1 is 1.43 bits per heavy atom. The fraction of sp³-hybridized carbons (Fsp3) is 0.571. The van der Waals surface area contributed by atoms with E-state index in [1.807, 2.05) is 0 Å². The summed E-state index contributed by atoms with van der Waals surface area (Å²) in [4.78, 5) is 0. The second kappa shape index (κ2) is 6.21. The van der Waals surface area contributed by atoms with Crippen LogP contribution in [0.3, 0.4) is 0 Å². The zero-order valence-electron chi connectivity index (χ0n) is 12.2. The van der Waals surface area contributed by atoms with Gasteiger partial charge in [-0.1, -0.05) is 12.1 Å².